The predicted molar refractivity (Wildman–Crippen MR) is 76.4 cm³/mol. The molecule has 4 nitrogen and oxygen atoms in total. The van der Waals surface area contributed by atoms with E-state index in [1.165, 1.54) is 17.6 Å². The van der Waals surface area contributed by atoms with Crippen LogP contribution in [0.15, 0.2) is 18.2 Å². The Labute approximate surface area is 125 Å². The number of anilines is 1. The molecule has 3 rings (SSSR count). The zero-order valence-corrected chi connectivity index (χ0v) is 12.3. The number of β-amino-alcohol motifs (C(OH)–C–C–N with tert-alkyl or cyclic N) is 1. The van der Waals surface area contributed by atoms with Crippen molar-refractivity contribution in [2.75, 3.05) is 11.4 Å². The maximum atomic E-state index is 13.4. The quantitative estimate of drug-likeness (QED) is 0.947. The van der Waals surface area contributed by atoms with Crippen LogP contribution in [0.5, 0.6) is 0 Å². The number of aryl methyl sites for hydroxylation is 1. The molecule has 1 saturated heterocycles. The van der Waals surface area contributed by atoms with E-state index in [-0.39, 0.29) is 6.04 Å². The van der Waals surface area contributed by atoms with Gasteiger partial charge in [-0.3, -0.25) is 0 Å². The average molecular weight is 311 g/mol. The molecule has 0 spiro atoms. The van der Waals surface area contributed by atoms with E-state index in [0.29, 0.717) is 23.7 Å². The number of nitrogens with zero attached hydrogens (tertiary/aromatic N) is 3. The van der Waals surface area contributed by atoms with Crippen LogP contribution in [0.3, 0.4) is 0 Å². The minimum Gasteiger partial charge on any atom is -0.391 e. The van der Waals surface area contributed by atoms with E-state index in [0.717, 1.165) is 18.3 Å². The fraction of sp³-hybridized carbons (Fsp3) is 0.429. The lowest BCUT2D eigenvalue weighted by molar-refractivity contribution is 0.194. The SMILES string of the molecule is CCc1nsc(N2CC(O)CC2c2ccc(F)c(F)c2)n1. The van der Waals surface area contributed by atoms with E-state index in [2.05, 4.69) is 9.36 Å². The smallest absolute Gasteiger partial charge is 0.205 e. The van der Waals surface area contributed by atoms with Crippen molar-refractivity contribution in [3.05, 3.63) is 41.2 Å². The van der Waals surface area contributed by atoms with Crippen molar-refractivity contribution in [2.24, 2.45) is 0 Å². The summed E-state index contributed by atoms with van der Waals surface area (Å²) in [5.41, 5.74) is 0.638. The summed E-state index contributed by atoms with van der Waals surface area (Å²) < 4.78 is 30.7. The topological polar surface area (TPSA) is 49.2 Å². The van der Waals surface area contributed by atoms with Gasteiger partial charge < -0.3 is 10.0 Å². The molecule has 0 radical (unpaired) electrons. The fourth-order valence-corrected chi connectivity index (χ4v) is 3.38. The van der Waals surface area contributed by atoms with E-state index in [4.69, 9.17) is 0 Å². The fourth-order valence-electron chi connectivity index (χ4n) is 2.57. The largest absolute Gasteiger partial charge is 0.391 e. The maximum Gasteiger partial charge on any atom is 0.205 e. The summed E-state index contributed by atoms with van der Waals surface area (Å²) in [4.78, 5) is 6.33. The summed E-state index contributed by atoms with van der Waals surface area (Å²) in [5.74, 6) is -0.992. The first-order valence-corrected chi connectivity index (χ1v) is 7.58. The molecular weight excluding hydrogens is 296 g/mol. The first-order chi connectivity index (χ1) is 10.1. The summed E-state index contributed by atoms with van der Waals surface area (Å²) in [6, 6.07) is 3.64. The van der Waals surface area contributed by atoms with Crippen LogP contribution in [0.4, 0.5) is 13.9 Å². The summed E-state index contributed by atoms with van der Waals surface area (Å²) in [6.45, 7) is 2.39. The molecule has 2 heterocycles. The average Bonchev–Trinajstić information content (AvgIpc) is 3.08. The second-order valence-electron chi connectivity index (χ2n) is 5.08. The second-order valence-corrected chi connectivity index (χ2v) is 5.81. The van der Waals surface area contributed by atoms with Crippen LogP contribution in [0.1, 0.15) is 30.8 Å². The first kappa shape index (κ1) is 14.3. The lowest BCUT2D eigenvalue weighted by Crippen LogP contribution is -2.24. The molecule has 1 N–H and O–H groups in total. The van der Waals surface area contributed by atoms with Crippen LogP contribution in [0, 0.1) is 11.6 Å². The Morgan fingerprint density at radius 1 is 1.38 bits per heavy atom. The lowest BCUT2D eigenvalue weighted by Gasteiger charge is -2.23. The highest BCUT2D eigenvalue weighted by Crippen LogP contribution is 2.37. The third-order valence-corrected chi connectivity index (χ3v) is 4.42. The van der Waals surface area contributed by atoms with Gasteiger partial charge in [0.1, 0.15) is 5.82 Å². The van der Waals surface area contributed by atoms with Gasteiger partial charge in [0.2, 0.25) is 5.13 Å². The Morgan fingerprint density at radius 2 is 2.19 bits per heavy atom. The van der Waals surface area contributed by atoms with Crippen molar-refractivity contribution in [2.45, 2.75) is 31.9 Å². The van der Waals surface area contributed by atoms with Crippen LogP contribution in [-0.4, -0.2) is 27.1 Å². The number of rotatable bonds is 3. The lowest BCUT2D eigenvalue weighted by atomic mass is 10.0. The highest BCUT2D eigenvalue weighted by Gasteiger charge is 2.34. The Kier molecular flexibility index (Phi) is 3.86. The predicted octanol–water partition coefficient (Wildman–Crippen LogP) is 2.69. The van der Waals surface area contributed by atoms with E-state index >= 15 is 0 Å². The monoisotopic (exact) mass is 311 g/mol. The van der Waals surface area contributed by atoms with Gasteiger partial charge in [-0.15, -0.1) is 0 Å². The molecule has 1 aromatic carbocycles. The zero-order chi connectivity index (χ0) is 15.0. The minimum absolute atomic E-state index is 0.215. The summed E-state index contributed by atoms with van der Waals surface area (Å²) in [5, 5.41) is 10.6. The van der Waals surface area contributed by atoms with Gasteiger partial charge in [0, 0.05) is 24.5 Å². The number of hydrogen-bond acceptors (Lipinski definition) is 5. The molecule has 2 unspecified atom stereocenters. The molecule has 112 valence electrons. The molecule has 7 heteroatoms. The molecule has 0 saturated carbocycles. The van der Waals surface area contributed by atoms with Crippen molar-refractivity contribution in [1.82, 2.24) is 9.36 Å². The van der Waals surface area contributed by atoms with Gasteiger partial charge in [0.05, 0.1) is 12.1 Å². The summed E-state index contributed by atoms with van der Waals surface area (Å²) in [6.07, 6.45) is 0.687. The molecule has 1 aliphatic rings. The van der Waals surface area contributed by atoms with Crippen molar-refractivity contribution in [1.29, 1.82) is 0 Å². The Bertz CT molecular complexity index is 649. The normalized spacial score (nSPS) is 22.0. The molecule has 2 atom stereocenters. The van der Waals surface area contributed by atoms with Crippen molar-refractivity contribution in [3.63, 3.8) is 0 Å². The second kappa shape index (κ2) is 5.65. The third-order valence-electron chi connectivity index (χ3n) is 3.63. The summed E-state index contributed by atoms with van der Waals surface area (Å²) in [7, 11) is 0. The number of aromatic nitrogens is 2. The number of benzene rings is 1. The molecular formula is C14H15F2N3OS. The summed E-state index contributed by atoms with van der Waals surface area (Å²) >= 11 is 1.27. The highest BCUT2D eigenvalue weighted by atomic mass is 32.1. The Hall–Kier alpha value is -1.60. The molecule has 1 fully saturated rings. The van der Waals surface area contributed by atoms with Crippen LogP contribution in [-0.2, 0) is 6.42 Å². The van der Waals surface area contributed by atoms with Crippen molar-refractivity contribution >= 4 is 16.7 Å². The zero-order valence-electron chi connectivity index (χ0n) is 11.5. The van der Waals surface area contributed by atoms with Gasteiger partial charge in [-0.25, -0.2) is 13.8 Å². The van der Waals surface area contributed by atoms with Gasteiger partial charge in [-0.05, 0) is 24.1 Å². The Balaban J connectivity index is 1.93. The first-order valence-electron chi connectivity index (χ1n) is 6.80. The van der Waals surface area contributed by atoms with Gasteiger partial charge >= 0.3 is 0 Å². The molecule has 0 amide bonds. The highest BCUT2D eigenvalue weighted by molar-refractivity contribution is 7.09. The van der Waals surface area contributed by atoms with Gasteiger partial charge in [-0.1, -0.05) is 13.0 Å². The third kappa shape index (κ3) is 2.75. The maximum absolute atomic E-state index is 13.4. The van der Waals surface area contributed by atoms with Crippen molar-refractivity contribution < 1.29 is 13.9 Å². The van der Waals surface area contributed by atoms with Gasteiger partial charge in [0.25, 0.3) is 0 Å². The Morgan fingerprint density at radius 3 is 2.86 bits per heavy atom. The van der Waals surface area contributed by atoms with Crippen LogP contribution in [0.2, 0.25) is 0 Å². The van der Waals surface area contributed by atoms with E-state index in [9.17, 15) is 13.9 Å². The van der Waals surface area contributed by atoms with Crippen molar-refractivity contribution in [3.8, 4) is 0 Å². The molecule has 1 aliphatic heterocycles. The van der Waals surface area contributed by atoms with Crippen LogP contribution in [0.25, 0.3) is 0 Å². The molecule has 0 aliphatic carbocycles. The number of hydrogen-bond donors (Lipinski definition) is 1. The van der Waals surface area contributed by atoms with Gasteiger partial charge in [-0.2, -0.15) is 4.37 Å². The number of aliphatic hydroxyl groups is 1. The van der Waals surface area contributed by atoms with E-state index in [1.54, 1.807) is 6.07 Å². The van der Waals surface area contributed by atoms with Gasteiger partial charge in [0.15, 0.2) is 11.6 Å². The van der Waals surface area contributed by atoms with E-state index in [1.807, 2.05) is 11.8 Å². The molecule has 2 aromatic rings. The van der Waals surface area contributed by atoms with Crippen LogP contribution >= 0.6 is 11.5 Å². The molecule has 1 aromatic heterocycles. The molecule has 0 bridgehead atoms. The molecule has 21 heavy (non-hydrogen) atoms. The minimum atomic E-state index is -0.875. The number of aliphatic hydroxyl groups excluding tert-OH is 1. The van der Waals surface area contributed by atoms with E-state index < -0.39 is 17.7 Å². The number of halogens is 2. The standard InChI is InChI=1S/C14H15F2N3OS/c1-2-13-17-14(21-18-13)19-7-9(20)6-12(19)8-3-4-10(15)11(16)5-8/h3-5,9,12,20H,2,6-7H2,1H3. The van der Waals surface area contributed by atoms with Crippen LogP contribution < -0.4 is 4.90 Å².